The predicted molar refractivity (Wildman–Crippen MR) is 160 cm³/mol. The van der Waals surface area contributed by atoms with Crippen molar-refractivity contribution in [2.24, 2.45) is 0 Å². The first-order valence-electron chi connectivity index (χ1n) is 14.6. The average molecular weight is 570 g/mol. The number of phenols is 2. The Hall–Kier alpha value is -3.75. The van der Waals surface area contributed by atoms with Gasteiger partial charge in [0.1, 0.15) is 29.2 Å². The zero-order chi connectivity index (χ0) is 30.4. The zero-order valence-corrected chi connectivity index (χ0v) is 25.1. The van der Waals surface area contributed by atoms with Crippen LogP contribution in [0.2, 0.25) is 0 Å². The largest absolute Gasteiger partial charge is 0.508 e. The fourth-order valence-electron chi connectivity index (χ4n) is 4.45. The summed E-state index contributed by atoms with van der Waals surface area (Å²) < 4.78 is 5.47. The molecule has 2 aromatic carbocycles. The van der Waals surface area contributed by atoms with Crippen LogP contribution in [0.4, 0.5) is 4.79 Å². The first-order valence-corrected chi connectivity index (χ1v) is 14.6. The van der Waals surface area contributed by atoms with Gasteiger partial charge in [-0.05, 0) is 69.0 Å². The molecule has 0 fully saturated rings. The number of benzene rings is 2. The van der Waals surface area contributed by atoms with Crippen molar-refractivity contribution in [1.82, 2.24) is 15.5 Å². The van der Waals surface area contributed by atoms with E-state index in [-0.39, 0.29) is 30.4 Å². The summed E-state index contributed by atoms with van der Waals surface area (Å²) in [6.07, 6.45) is 4.56. The minimum atomic E-state index is -1.05. The highest BCUT2D eigenvalue weighted by Gasteiger charge is 2.36. The Morgan fingerprint density at radius 1 is 0.902 bits per heavy atom. The number of nitrogens with one attached hydrogen (secondary N) is 2. The number of ether oxygens (including phenoxy) is 1. The summed E-state index contributed by atoms with van der Waals surface area (Å²) in [5.41, 5.74) is 0.409. The Morgan fingerprint density at radius 2 is 1.59 bits per heavy atom. The van der Waals surface area contributed by atoms with E-state index in [0.29, 0.717) is 24.1 Å². The van der Waals surface area contributed by atoms with Crippen LogP contribution in [0, 0.1) is 0 Å². The van der Waals surface area contributed by atoms with Crippen LogP contribution in [0.3, 0.4) is 0 Å². The van der Waals surface area contributed by atoms with E-state index in [9.17, 15) is 24.6 Å². The van der Waals surface area contributed by atoms with E-state index < -0.39 is 29.7 Å². The highest BCUT2D eigenvalue weighted by molar-refractivity contribution is 5.92. The molecular formula is C32H47N3O6. The second-order valence-electron chi connectivity index (χ2n) is 11.3. The molecule has 0 aliphatic carbocycles. The fourth-order valence-corrected chi connectivity index (χ4v) is 4.45. The number of unbranched alkanes of at least 4 members (excludes halogenated alkanes) is 4. The summed E-state index contributed by atoms with van der Waals surface area (Å²) in [5, 5.41) is 25.7. The summed E-state index contributed by atoms with van der Waals surface area (Å²) in [7, 11) is 0. The standard InChI is InChI=1S/C32H47N3O6/c1-6-8-10-11-20-35(28(29(38)33-19-9-7-2)24-13-12-14-26(37)22-24)30(39)27(34-31(40)41-32(3,4)5)21-23-15-17-25(36)18-16-23/h12-18,22,27-28,36-37H,6-11,19-21H2,1-5H3,(H,33,38)(H,34,40). The minimum absolute atomic E-state index is 0.0141. The van der Waals surface area contributed by atoms with E-state index in [2.05, 4.69) is 17.6 Å². The van der Waals surface area contributed by atoms with Crippen molar-refractivity contribution in [3.8, 4) is 11.5 Å². The first kappa shape index (κ1) is 33.5. The molecule has 2 atom stereocenters. The third-order valence-electron chi connectivity index (χ3n) is 6.48. The molecule has 2 aromatic rings. The quantitative estimate of drug-likeness (QED) is 0.207. The molecule has 0 heterocycles. The molecule has 0 bridgehead atoms. The molecule has 0 aliphatic rings. The van der Waals surface area contributed by atoms with Gasteiger partial charge in [-0.25, -0.2) is 4.79 Å². The number of alkyl carbamates (subject to hydrolysis) is 1. The number of hydrogen-bond donors (Lipinski definition) is 4. The van der Waals surface area contributed by atoms with Gasteiger partial charge < -0.3 is 30.5 Å². The molecule has 2 unspecified atom stereocenters. The molecule has 0 saturated heterocycles. The molecule has 2 rings (SSSR count). The molecule has 9 nitrogen and oxygen atoms in total. The maximum absolute atomic E-state index is 14.4. The van der Waals surface area contributed by atoms with Crippen molar-refractivity contribution in [3.63, 3.8) is 0 Å². The Labute approximate surface area is 244 Å². The molecule has 3 amide bonds. The van der Waals surface area contributed by atoms with Gasteiger partial charge in [0.2, 0.25) is 11.8 Å². The van der Waals surface area contributed by atoms with Gasteiger partial charge >= 0.3 is 6.09 Å². The first-order chi connectivity index (χ1) is 19.4. The van der Waals surface area contributed by atoms with Crippen molar-refractivity contribution in [2.75, 3.05) is 13.1 Å². The van der Waals surface area contributed by atoms with Gasteiger partial charge in [-0.3, -0.25) is 9.59 Å². The lowest BCUT2D eigenvalue weighted by molar-refractivity contribution is -0.142. The number of carbonyl (C=O) groups excluding carboxylic acids is 3. The van der Waals surface area contributed by atoms with Gasteiger partial charge in [0.25, 0.3) is 0 Å². The number of carbonyl (C=O) groups is 3. The molecular weight excluding hydrogens is 522 g/mol. The van der Waals surface area contributed by atoms with Crippen molar-refractivity contribution in [1.29, 1.82) is 0 Å². The maximum Gasteiger partial charge on any atom is 0.408 e. The molecule has 0 radical (unpaired) electrons. The Balaban J connectivity index is 2.53. The Kier molecular flexibility index (Phi) is 13.5. The second-order valence-corrected chi connectivity index (χ2v) is 11.3. The van der Waals surface area contributed by atoms with Crippen molar-refractivity contribution >= 4 is 17.9 Å². The van der Waals surface area contributed by atoms with Crippen LogP contribution in [0.1, 0.15) is 90.3 Å². The van der Waals surface area contributed by atoms with Gasteiger partial charge in [-0.15, -0.1) is 0 Å². The predicted octanol–water partition coefficient (Wildman–Crippen LogP) is 5.60. The molecule has 0 spiro atoms. The zero-order valence-electron chi connectivity index (χ0n) is 25.1. The topological polar surface area (TPSA) is 128 Å². The van der Waals surface area contributed by atoms with Gasteiger partial charge in [0, 0.05) is 19.5 Å². The van der Waals surface area contributed by atoms with Crippen LogP contribution in [0.25, 0.3) is 0 Å². The van der Waals surface area contributed by atoms with E-state index in [0.717, 1.165) is 32.1 Å². The lowest BCUT2D eigenvalue weighted by Gasteiger charge is -2.34. The normalized spacial score (nSPS) is 12.7. The molecule has 0 aromatic heterocycles. The molecule has 4 N–H and O–H groups in total. The van der Waals surface area contributed by atoms with E-state index in [4.69, 9.17) is 4.74 Å². The van der Waals surface area contributed by atoms with Crippen LogP contribution in [-0.4, -0.2) is 57.8 Å². The van der Waals surface area contributed by atoms with Gasteiger partial charge in [-0.2, -0.15) is 0 Å². The van der Waals surface area contributed by atoms with Crippen molar-refractivity contribution in [3.05, 3.63) is 59.7 Å². The SMILES string of the molecule is CCCCCCN(C(=O)C(Cc1ccc(O)cc1)NC(=O)OC(C)(C)C)C(C(=O)NCCCC)c1cccc(O)c1. The summed E-state index contributed by atoms with van der Waals surface area (Å²) >= 11 is 0. The summed E-state index contributed by atoms with van der Waals surface area (Å²) in [5.74, 6) is -0.727. The summed E-state index contributed by atoms with van der Waals surface area (Å²) in [6, 6.07) is 10.7. The van der Waals surface area contributed by atoms with Crippen LogP contribution < -0.4 is 10.6 Å². The summed E-state index contributed by atoms with van der Waals surface area (Å²) in [4.78, 5) is 42.4. The number of nitrogens with zero attached hydrogens (tertiary/aromatic N) is 1. The highest BCUT2D eigenvalue weighted by atomic mass is 16.6. The summed E-state index contributed by atoms with van der Waals surface area (Å²) in [6.45, 7) is 10.1. The molecule has 9 heteroatoms. The third-order valence-corrected chi connectivity index (χ3v) is 6.48. The maximum atomic E-state index is 14.4. The lowest BCUT2D eigenvalue weighted by atomic mass is 9.99. The number of amides is 3. The number of aromatic hydroxyl groups is 2. The number of hydrogen-bond acceptors (Lipinski definition) is 6. The van der Waals surface area contributed by atoms with E-state index in [1.807, 2.05) is 6.92 Å². The minimum Gasteiger partial charge on any atom is -0.508 e. The second kappa shape index (κ2) is 16.5. The fraction of sp³-hybridized carbons (Fsp3) is 0.531. The molecule has 0 aliphatic heterocycles. The van der Waals surface area contributed by atoms with E-state index >= 15 is 0 Å². The number of phenolic OH excluding ortho intramolecular Hbond substituents is 2. The smallest absolute Gasteiger partial charge is 0.408 e. The van der Waals surface area contributed by atoms with Gasteiger partial charge in [0.15, 0.2) is 0 Å². The van der Waals surface area contributed by atoms with E-state index in [1.165, 1.54) is 29.2 Å². The van der Waals surface area contributed by atoms with Crippen molar-refractivity contribution in [2.45, 2.75) is 97.2 Å². The van der Waals surface area contributed by atoms with Crippen LogP contribution in [0.5, 0.6) is 11.5 Å². The third kappa shape index (κ3) is 11.7. The van der Waals surface area contributed by atoms with Crippen LogP contribution >= 0.6 is 0 Å². The van der Waals surface area contributed by atoms with Crippen molar-refractivity contribution < 1.29 is 29.3 Å². The van der Waals surface area contributed by atoms with Gasteiger partial charge in [-0.1, -0.05) is 63.8 Å². The monoisotopic (exact) mass is 569 g/mol. The van der Waals surface area contributed by atoms with Gasteiger partial charge in [0.05, 0.1) is 0 Å². The average Bonchev–Trinajstić information content (AvgIpc) is 2.90. The van der Waals surface area contributed by atoms with Crippen LogP contribution in [0.15, 0.2) is 48.5 Å². The Bertz CT molecular complexity index is 1110. The van der Waals surface area contributed by atoms with E-state index in [1.54, 1.807) is 45.0 Å². The lowest BCUT2D eigenvalue weighted by Crippen LogP contribution is -2.54. The molecule has 226 valence electrons. The molecule has 41 heavy (non-hydrogen) atoms. The Morgan fingerprint density at radius 3 is 2.20 bits per heavy atom. The molecule has 0 saturated carbocycles. The van der Waals surface area contributed by atoms with Crippen LogP contribution in [-0.2, 0) is 20.7 Å². The highest BCUT2D eigenvalue weighted by Crippen LogP contribution is 2.27. The number of rotatable bonds is 15.